The van der Waals surface area contributed by atoms with Crippen LogP contribution in [0.5, 0.6) is 0 Å². The molecule has 7 nitrogen and oxygen atoms in total. The number of benzene rings is 2. The first-order valence-corrected chi connectivity index (χ1v) is 12.0. The number of allylic oxidation sites excluding steroid dienone is 1. The second-order valence-corrected chi connectivity index (χ2v) is 9.54. The Kier molecular flexibility index (Phi) is 5.83. The molecule has 0 atom stereocenters. The van der Waals surface area contributed by atoms with E-state index in [1.165, 1.54) is 12.1 Å². The normalized spacial score (nSPS) is 14.4. The molecule has 5 rings (SSSR count). The predicted molar refractivity (Wildman–Crippen MR) is 137 cm³/mol. The summed E-state index contributed by atoms with van der Waals surface area (Å²) in [4.78, 5) is 12.6. The Labute approximate surface area is 208 Å². The van der Waals surface area contributed by atoms with Crippen molar-refractivity contribution >= 4 is 60.7 Å². The number of nitrogen functional groups attached to an aromatic ring is 2. The van der Waals surface area contributed by atoms with Crippen LogP contribution >= 0.6 is 22.9 Å². The highest BCUT2D eigenvalue weighted by Gasteiger charge is 2.27. The first kappa shape index (κ1) is 23.1. The van der Waals surface area contributed by atoms with Crippen molar-refractivity contribution in [3.8, 4) is 17.2 Å². The van der Waals surface area contributed by atoms with Crippen LogP contribution in [0.1, 0.15) is 12.5 Å². The molecule has 0 amide bonds. The summed E-state index contributed by atoms with van der Waals surface area (Å²) >= 11 is 7.61. The van der Waals surface area contributed by atoms with E-state index in [0.29, 0.717) is 29.7 Å². The molecule has 2 aromatic carbocycles. The molecule has 0 saturated carbocycles. The first-order valence-electron chi connectivity index (χ1n) is 10.8. The lowest BCUT2D eigenvalue weighted by Gasteiger charge is -2.36. The third-order valence-corrected chi connectivity index (χ3v) is 7.25. The van der Waals surface area contributed by atoms with Crippen molar-refractivity contribution in [2.24, 2.45) is 0 Å². The van der Waals surface area contributed by atoms with Gasteiger partial charge in [0.15, 0.2) is 10.9 Å². The smallest absolute Gasteiger partial charge is 0.181 e. The molecule has 1 fully saturated rings. The Bertz CT molecular complexity index is 1550. The highest BCUT2D eigenvalue weighted by Crippen LogP contribution is 2.44. The molecule has 0 unspecified atom stereocenters. The van der Waals surface area contributed by atoms with E-state index in [4.69, 9.17) is 23.1 Å². The van der Waals surface area contributed by atoms with E-state index < -0.39 is 11.6 Å². The topological polar surface area (TPSA) is 108 Å². The van der Waals surface area contributed by atoms with Crippen molar-refractivity contribution in [1.82, 2.24) is 14.9 Å². The second-order valence-electron chi connectivity index (χ2n) is 8.11. The minimum absolute atomic E-state index is 0.0209. The van der Waals surface area contributed by atoms with Gasteiger partial charge in [0.1, 0.15) is 28.8 Å². The second kappa shape index (κ2) is 8.83. The summed E-state index contributed by atoms with van der Waals surface area (Å²) in [6, 6.07) is 6.35. The molecular weight excluding hydrogens is 492 g/mol. The predicted octanol–water partition coefficient (Wildman–Crippen LogP) is 5.13. The van der Waals surface area contributed by atoms with Crippen molar-refractivity contribution in [2.75, 3.05) is 42.5 Å². The number of hydrogen-bond donors (Lipinski definition) is 2. The molecule has 0 aliphatic carbocycles. The van der Waals surface area contributed by atoms with Gasteiger partial charge in [-0.1, -0.05) is 29.0 Å². The molecule has 0 radical (unpaired) electrons. The average Bonchev–Trinajstić information content (AvgIpc) is 3.24. The lowest BCUT2D eigenvalue weighted by atomic mass is 9.99. The summed E-state index contributed by atoms with van der Waals surface area (Å²) < 4.78 is 30.7. The molecule has 11 heteroatoms. The Balaban J connectivity index is 1.74. The molecule has 4 aromatic rings. The van der Waals surface area contributed by atoms with Gasteiger partial charge in [0.2, 0.25) is 0 Å². The number of rotatable bonds is 3. The fraction of sp³-hybridized carbons (Fsp3) is 0.208. The summed E-state index contributed by atoms with van der Waals surface area (Å²) in [5.41, 5.74) is 13.1. The van der Waals surface area contributed by atoms with E-state index in [2.05, 4.69) is 20.9 Å². The maximum absolute atomic E-state index is 16.1. The van der Waals surface area contributed by atoms with E-state index in [-0.39, 0.29) is 42.8 Å². The Morgan fingerprint density at radius 1 is 1.14 bits per heavy atom. The number of nitrogens with two attached hydrogens (primary N) is 2. The van der Waals surface area contributed by atoms with Crippen molar-refractivity contribution in [2.45, 2.75) is 6.92 Å². The van der Waals surface area contributed by atoms with Gasteiger partial charge < -0.3 is 21.3 Å². The maximum atomic E-state index is 16.1. The minimum atomic E-state index is -0.725. The van der Waals surface area contributed by atoms with Crippen LogP contribution in [0.25, 0.3) is 32.2 Å². The SMILES string of the molecule is CC=CN1CCN(c2c(C#N)c(N)nc3c(F)c(-c4ccc(F)c5sc(N)nc45)c(Cl)cc23)CC1. The highest BCUT2D eigenvalue weighted by molar-refractivity contribution is 7.22. The number of anilines is 3. The number of pyridine rings is 1. The van der Waals surface area contributed by atoms with Gasteiger partial charge in [-0.05, 0) is 31.3 Å². The van der Waals surface area contributed by atoms with Gasteiger partial charge >= 0.3 is 0 Å². The van der Waals surface area contributed by atoms with Crippen molar-refractivity contribution in [3.63, 3.8) is 0 Å². The number of aromatic nitrogens is 2. The van der Waals surface area contributed by atoms with Crippen LogP contribution in [0.2, 0.25) is 5.02 Å². The van der Waals surface area contributed by atoms with Gasteiger partial charge in [-0.25, -0.2) is 18.7 Å². The Morgan fingerprint density at radius 3 is 2.57 bits per heavy atom. The van der Waals surface area contributed by atoms with Crippen molar-refractivity contribution in [1.29, 1.82) is 5.26 Å². The van der Waals surface area contributed by atoms with Crippen molar-refractivity contribution in [3.05, 3.63) is 52.7 Å². The molecule has 35 heavy (non-hydrogen) atoms. The standard InChI is InChI=1S/C24H20ClF2N7S/c1-2-5-33-6-8-34(9-7-33)21-13-10-15(25)17(18(27)19(13)31-23(29)14(21)11-28)12-3-4-16(26)22-20(12)32-24(30)35-22/h2-5,10H,6-9H2,1H3,(H2,29,31)(H2,30,32). The summed E-state index contributed by atoms with van der Waals surface area (Å²) in [5.74, 6) is -1.30. The summed E-state index contributed by atoms with van der Waals surface area (Å²) in [7, 11) is 0. The molecule has 1 saturated heterocycles. The van der Waals surface area contributed by atoms with E-state index in [0.717, 1.165) is 24.4 Å². The van der Waals surface area contributed by atoms with Crippen LogP contribution in [0.15, 0.2) is 30.5 Å². The highest BCUT2D eigenvalue weighted by atomic mass is 35.5. The van der Waals surface area contributed by atoms with Gasteiger partial charge in [-0.3, -0.25) is 0 Å². The van der Waals surface area contributed by atoms with Crippen LogP contribution < -0.4 is 16.4 Å². The fourth-order valence-corrected chi connectivity index (χ4v) is 5.57. The number of fused-ring (bicyclic) bond motifs is 2. The quantitative estimate of drug-likeness (QED) is 0.392. The number of nitriles is 1. The van der Waals surface area contributed by atoms with E-state index in [9.17, 15) is 9.65 Å². The molecule has 3 heterocycles. The lowest BCUT2D eigenvalue weighted by molar-refractivity contribution is 0.349. The zero-order valence-corrected chi connectivity index (χ0v) is 20.2. The largest absolute Gasteiger partial charge is 0.383 e. The van der Waals surface area contributed by atoms with E-state index in [1.807, 2.05) is 24.1 Å². The van der Waals surface area contributed by atoms with Crippen LogP contribution in [-0.4, -0.2) is 41.0 Å². The van der Waals surface area contributed by atoms with Crippen molar-refractivity contribution < 1.29 is 8.78 Å². The van der Waals surface area contributed by atoms with Gasteiger partial charge in [0.05, 0.1) is 20.9 Å². The molecule has 1 aliphatic rings. The van der Waals surface area contributed by atoms with Crippen LogP contribution in [0.3, 0.4) is 0 Å². The van der Waals surface area contributed by atoms with E-state index in [1.54, 1.807) is 6.07 Å². The number of thiazole rings is 1. The third kappa shape index (κ3) is 3.77. The number of halogens is 3. The number of nitrogens with zero attached hydrogens (tertiary/aromatic N) is 5. The molecule has 1 aliphatic heterocycles. The zero-order chi connectivity index (χ0) is 24.9. The molecular formula is C24H20ClF2N7S. The van der Waals surface area contributed by atoms with Crippen LogP contribution in [0, 0.1) is 23.0 Å². The van der Waals surface area contributed by atoms with Crippen LogP contribution in [0.4, 0.5) is 25.4 Å². The third-order valence-electron chi connectivity index (χ3n) is 6.06. The minimum Gasteiger partial charge on any atom is -0.383 e. The molecule has 2 aromatic heterocycles. The summed E-state index contributed by atoms with van der Waals surface area (Å²) in [6.07, 6.45) is 3.98. The Morgan fingerprint density at radius 2 is 1.89 bits per heavy atom. The monoisotopic (exact) mass is 511 g/mol. The zero-order valence-electron chi connectivity index (χ0n) is 18.6. The average molecular weight is 512 g/mol. The fourth-order valence-electron chi connectivity index (χ4n) is 4.52. The molecule has 4 N–H and O–H groups in total. The van der Waals surface area contributed by atoms with Gasteiger partial charge in [-0.2, -0.15) is 5.26 Å². The van der Waals surface area contributed by atoms with Crippen LogP contribution in [-0.2, 0) is 0 Å². The Hall–Kier alpha value is -3.68. The number of piperazine rings is 1. The lowest BCUT2D eigenvalue weighted by Crippen LogP contribution is -2.44. The maximum Gasteiger partial charge on any atom is 0.181 e. The van der Waals surface area contributed by atoms with Gasteiger partial charge in [0.25, 0.3) is 0 Å². The number of hydrogen-bond acceptors (Lipinski definition) is 8. The first-order chi connectivity index (χ1) is 16.8. The molecule has 178 valence electrons. The molecule has 0 bridgehead atoms. The summed E-state index contributed by atoms with van der Waals surface area (Å²) in [6.45, 7) is 4.62. The van der Waals surface area contributed by atoms with E-state index >= 15 is 4.39 Å². The summed E-state index contributed by atoms with van der Waals surface area (Å²) in [5, 5.41) is 10.5. The van der Waals surface area contributed by atoms with Gasteiger partial charge in [0, 0.05) is 42.7 Å². The molecule has 0 spiro atoms. The van der Waals surface area contributed by atoms with Gasteiger partial charge in [-0.15, -0.1) is 0 Å².